The molecule has 0 bridgehead atoms. The van der Waals surface area contributed by atoms with Crippen LogP contribution in [-0.2, 0) is 14.3 Å². The van der Waals surface area contributed by atoms with Gasteiger partial charge < -0.3 is 15.8 Å². The maximum Gasteiger partial charge on any atom is 0.338 e. The highest BCUT2D eigenvalue weighted by molar-refractivity contribution is 8.00. The average Bonchev–Trinajstić information content (AvgIpc) is 2.37. The summed E-state index contributed by atoms with van der Waals surface area (Å²) in [5.41, 5.74) is 5.85. The zero-order valence-corrected chi connectivity index (χ0v) is 11.0. The summed E-state index contributed by atoms with van der Waals surface area (Å²) in [6.07, 6.45) is -0.993. The third-order valence-electron chi connectivity index (χ3n) is 2.53. The lowest BCUT2D eigenvalue weighted by Gasteiger charge is -2.17. The molecular weight excluding hydrogens is 268 g/mol. The Hall–Kier alpha value is -2.02. The second-order valence-corrected chi connectivity index (χ2v) is 5.01. The number of primary amides is 1. The summed E-state index contributed by atoms with van der Waals surface area (Å²) < 4.78 is 4.88. The zero-order valence-electron chi connectivity index (χ0n) is 10.1. The number of anilines is 1. The first-order chi connectivity index (χ1) is 8.97. The molecule has 2 rings (SSSR count). The summed E-state index contributed by atoms with van der Waals surface area (Å²) >= 11 is 1.40. The van der Waals surface area contributed by atoms with Gasteiger partial charge in [-0.25, -0.2) is 4.79 Å². The molecule has 19 heavy (non-hydrogen) atoms. The van der Waals surface area contributed by atoms with Crippen LogP contribution in [-0.4, -0.2) is 29.6 Å². The molecule has 1 heterocycles. The Morgan fingerprint density at radius 1 is 1.47 bits per heavy atom. The average molecular weight is 280 g/mol. The second-order valence-electron chi connectivity index (χ2n) is 4.00. The van der Waals surface area contributed by atoms with Gasteiger partial charge in [0, 0.05) is 4.90 Å². The van der Waals surface area contributed by atoms with E-state index >= 15 is 0 Å². The number of ether oxygens (including phenoxy) is 1. The summed E-state index contributed by atoms with van der Waals surface area (Å²) in [5.74, 6) is -1.13. The minimum absolute atomic E-state index is 0.117. The second kappa shape index (κ2) is 5.31. The number of thioether (sulfide) groups is 1. The summed E-state index contributed by atoms with van der Waals surface area (Å²) in [7, 11) is 0. The number of hydrogen-bond acceptors (Lipinski definition) is 5. The van der Waals surface area contributed by atoms with Gasteiger partial charge in [-0.1, -0.05) is 0 Å². The van der Waals surface area contributed by atoms with Gasteiger partial charge in [0.1, 0.15) is 0 Å². The Morgan fingerprint density at radius 3 is 2.89 bits per heavy atom. The molecule has 1 aromatic rings. The van der Waals surface area contributed by atoms with E-state index in [0.717, 1.165) is 4.90 Å². The van der Waals surface area contributed by atoms with Crippen LogP contribution in [0.2, 0.25) is 0 Å². The van der Waals surface area contributed by atoms with Crippen LogP contribution >= 0.6 is 11.8 Å². The summed E-state index contributed by atoms with van der Waals surface area (Å²) in [6.45, 7) is 1.40. The van der Waals surface area contributed by atoms with Crippen LogP contribution in [0.1, 0.15) is 17.3 Å². The molecule has 7 heteroatoms. The molecule has 0 aliphatic carbocycles. The van der Waals surface area contributed by atoms with E-state index in [4.69, 9.17) is 10.5 Å². The van der Waals surface area contributed by atoms with Gasteiger partial charge in [0.15, 0.2) is 6.10 Å². The third-order valence-corrected chi connectivity index (χ3v) is 3.61. The molecule has 0 spiro atoms. The molecule has 0 saturated carbocycles. The Bertz CT molecular complexity index is 559. The van der Waals surface area contributed by atoms with Crippen molar-refractivity contribution in [1.29, 1.82) is 0 Å². The number of nitrogens with one attached hydrogen (secondary N) is 1. The van der Waals surface area contributed by atoms with Crippen LogP contribution in [0.5, 0.6) is 0 Å². The van der Waals surface area contributed by atoms with Crippen molar-refractivity contribution < 1.29 is 19.1 Å². The third kappa shape index (κ3) is 3.05. The fourth-order valence-electron chi connectivity index (χ4n) is 1.50. The van der Waals surface area contributed by atoms with Crippen LogP contribution < -0.4 is 11.1 Å². The van der Waals surface area contributed by atoms with Crippen molar-refractivity contribution in [3.8, 4) is 0 Å². The zero-order chi connectivity index (χ0) is 14.0. The van der Waals surface area contributed by atoms with Crippen LogP contribution in [0.15, 0.2) is 23.1 Å². The number of rotatable bonds is 3. The molecule has 0 unspecified atom stereocenters. The van der Waals surface area contributed by atoms with E-state index in [2.05, 4.69) is 5.32 Å². The predicted octanol–water partition coefficient (Wildman–Crippen LogP) is 0.761. The van der Waals surface area contributed by atoms with E-state index in [9.17, 15) is 14.4 Å². The van der Waals surface area contributed by atoms with Crippen LogP contribution in [0.3, 0.4) is 0 Å². The Morgan fingerprint density at radius 2 is 2.21 bits per heavy atom. The van der Waals surface area contributed by atoms with Gasteiger partial charge in [-0.2, -0.15) is 0 Å². The first-order valence-corrected chi connectivity index (χ1v) is 6.53. The maximum absolute atomic E-state index is 11.8. The van der Waals surface area contributed by atoms with Crippen LogP contribution in [0, 0.1) is 0 Å². The first-order valence-electron chi connectivity index (χ1n) is 5.54. The normalized spacial score (nSPS) is 15.1. The molecule has 100 valence electrons. The highest BCUT2D eigenvalue weighted by atomic mass is 32.2. The molecule has 6 nitrogen and oxygen atoms in total. The molecule has 1 aromatic carbocycles. The molecule has 0 radical (unpaired) electrons. The number of esters is 1. The predicted molar refractivity (Wildman–Crippen MR) is 69.9 cm³/mol. The van der Waals surface area contributed by atoms with Gasteiger partial charge in [-0.15, -0.1) is 11.8 Å². The fraction of sp³-hybridized carbons (Fsp3) is 0.250. The molecule has 1 atom stereocenters. The van der Waals surface area contributed by atoms with Gasteiger partial charge in [0.2, 0.25) is 5.91 Å². The van der Waals surface area contributed by atoms with Crippen LogP contribution in [0.25, 0.3) is 0 Å². The molecule has 0 saturated heterocycles. The lowest BCUT2D eigenvalue weighted by molar-refractivity contribution is -0.125. The minimum Gasteiger partial charge on any atom is -0.449 e. The van der Waals surface area contributed by atoms with Gasteiger partial charge >= 0.3 is 5.97 Å². The van der Waals surface area contributed by atoms with Crippen molar-refractivity contribution in [3.05, 3.63) is 23.8 Å². The Balaban J connectivity index is 2.17. The standard InChI is InChI=1S/C12H12N2O4S/c1-6(11(13)16)18-12(17)7-2-3-9-8(4-7)14-10(15)5-19-9/h2-4,6H,5H2,1H3,(H2,13,16)(H,14,15)/t6-/m1/s1. The fourth-order valence-corrected chi connectivity index (χ4v) is 2.29. The molecule has 2 amide bonds. The molecular formula is C12H12N2O4S. The number of carbonyl (C=O) groups is 3. The van der Waals surface area contributed by atoms with E-state index < -0.39 is 18.0 Å². The van der Waals surface area contributed by atoms with E-state index in [1.54, 1.807) is 12.1 Å². The summed E-state index contributed by atoms with van der Waals surface area (Å²) in [6, 6.07) is 4.83. The number of nitrogens with two attached hydrogens (primary N) is 1. The van der Waals surface area contributed by atoms with Crippen LogP contribution in [0.4, 0.5) is 5.69 Å². The number of carbonyl (C=O) groups excluding carboxylic acids is 3. The Labute approximate surface area is 113 Å². The van der Waals surface area contributed by atoms with E-state index in [-0.39, 0.29) is 11.5 Å². The van der Waals surface area contributed by atoms with Crippen molar-refractivity contribution in [2.75, 3.05) is 11.1 Å². The van der Waals surface area contributed by atoms with E-state index in [1.165, 1.54) is 24.8 Å². The molecule has 0 aromatic heterocycles. The maximum atomic E-state index is 11.8. The van der Waals surface area contributed by atoms with Crippen molar-refractivity contribution in [3.63, 3.8) is 0 Å². The largest absolute Gasteiger partial charge is 0.449 e. The van der Waals surface area contributed by atoms with Crippen molar-refractivity contribution in [2.45, 2.75) is 17.9 Å². The smallest absolute Gasteiger partial charge is 0.338 e. The lowest BCUT2D eigenvalue weighted by atomic mass is 10.2. The summed E-state index contributed by atoms with van der Waals surface area (Å²) in [4.78, 5) is 34.8. The minimum atomic E-state index is -0.993. The van der Waals surface area contributed by atoms with Gasteiger partial charge in [-0.05, 0) is 25.1 Å². The topological polar surface area (TPSA) is 98.5 Å². The SMILES string of the molecule is C[C@@H](OC(=O)c1ccc2c(c1)NC(=O)CS2)C(N)=O. The van der Waals surface area contributed by atoms with Gasteiger partial charge in [0.05, 0.1) is 17.0 Å². The molecule has 0 fully saturated rings. The van der Waals surface area contributed by atoms with Gasteiger partial charge in [-0.3, -0.25) is 9.59 Å². The quantitative estimate of drug-likeness (QED) is 0.796. The number of benzene rings is 1. The van der Waals surface area contributed by atoms with E-state index in [1.807, 2.05) is 0 Å². The first kappa shape index (κ1) is 13.4. The summed E-state index contributed by atoms with van der Waals surface area (Å²) in [5, 5.41) is 2.67. The van der Waals surface area contributed by atoms with E-state index in [0.29, 0.717) is 11.4 Å². The lowest BCUT2D eigenvalue weighted by Crippen LogP contribution is -2.30. The van der Waals surface area contributed by atoms with Crippen molar-refractivity contribution in [1.82, 2.24) is 0 Å². The van der Waals surface area contributed by atoms with Crippen molar-refractivity contribution >= 4 is 35.2 Å². The Kier molecular flexibility index (Phi) is 3.75. The molecule has 1 aliphatic rings. The highest BCUT2D eigenvalue weighted by Crippen LogP contribution is 2.32. The van der Waals surface area contributed by atoms with Gasteiger partial charge in [0.25, 0.3) is 5.91 Å². The molecule has 1 aliphatic heterocycles. The number of fused-ring (bicyclic) bond motifs is 1. The molecule has 3 N–H and O–H groups in total. The highest BCUT2D eigenvalue weighted by Gasteiger charge is 2.20. The monoisotopic (exact) mass is 280 g/mol. The van der Waals surface area contributed by atoms with Crippen molar-refractivity contribution in [2.24, 2.45) is 5.73 Å². The number of amides is 2. The number of hydrogen-bond donors (Lipinski definition) is 2.